The van der Waals surface area contributed by atoms with Gasteiger partial charge in [-0.05, 0) is 42.5 Å². The van der Waals surface area contributed by atoms with Gasteiger partial charge in [0.05, 0.1) is 5.56 Å². The van der Waals surface area contributed by atoms with Crippen molar-refractivity contribution in [2.24, 2.45) is 5.92 Å². The molecule has 1 N–H and O–H groups in total. The van der Waals surface area contributed by atoms with E-state index in [4.69, 9.17) is 0 Å². The smallest absolute Gasteiger partial charge is 0.314 e. The van der Waals surface area contributed by atoms with E-state index in [0.29, 0.717) is 25.4 Å². The first-order chi connectivity index (χ1) is 10.8. The lowest BCUT2D eigenvalue weighted by molar-refractivity contribution is -0.138. The number of benzene rings is 1. The molecular formula is C17H24F4N2. The van der Waals surface area contributed by atoms with E-state index in [1.807, 2.05) is 18.7 Å². The fourth-order valence-corrected chi connectivity index (χ4v) is 3.09. The van der Waals surface area contributed by atoms with Crippen molar-refractivity contribution in [3.8, 4) is 0 Å². The molecule has 0 spiro atoms. The third-order valence-corrected chi connectivity index (χ3v) is 4.29. The maximum Gasteiger partial charge on any atom is 0.416 e. The Morgan fingerprint density at radius 2 is 1.78 bits per heavy atom. The van der Waals surface area contributed by atoms with E-state index >= 15 is 0 Å². The van der Waals surface area contributed by atoms with E-state index in [9.17, 15) is 17.6 Å². The highest BCUT2D eigenvalue weighted by atomic mass is 19.4. The third-order valence-electron chi connectivity index (χ3n) is 4.29. The molecule has 0 radical (unpaired) electrons. The van der Waals surface area contributed by atoms with Crippen LogP contribution in [0.4, 0.5) is 17.6 Å². The first-order valence-corrected chi connectivity index (χ1v) is 8.10. The topological polar surface area (TPSA) is 15.3 Å². The quantitative estimate of drug-likeness (QED) is 0.812. The van der Waals surface area contributed by atoms with Crippen molar-refractivity contribution in [3.63, 3.8) is 0 Å². The minimum absolute atomic E-state index is 0.0695. The highest BCUT2D eigenvalue weighted by Crippen LogP contribution is 2.39. The molecule has 0 saturated carbocycles. The van der Waals surface area contributed by atoms with Gasteiger partial charge in [0.25, 0.3) is 0 Å². The normalized spacial score (nSPS) is 18.4. The van der Waals surface area contributed by atoms with Crippen molar-refractivity contribution in [1.29, 1.82) is 0 Å². The molecule has 0 amide bonds. The third kappa shape index (κ3) is 4.91. The molecule has 0 aromatic heterocycles. The predicted molar refractivity (Wildman–Crippen MR) is 82.7 cm³/mol. The van der Waals surface area contributed by atoms with Crippen molar-refractivity contribution in [3.05, 3.63) is 35.1 Å². The fourth-order valence-electron chi connectivity index (χ4n) is 3.09. The van der Waals surface area contributed by atoms with Crippen molar-refractivity contribution in [2.75, 3.05) is 26.2 Å². The van der Waals surface area contributed by atoms with Gasteiger partial charge in [-0.25, -0.2) is 4.39 Å². The molecule has 0 aliphatic carbocycles. The van der Waals surface area contributed by atoms with E-state index in [1.54, 1.807) is 0 Å². The number of piperazine rings is 1. The number of halogens is 4. The first kappa shape index (κ1) is 18.2. The van der Waals surface area contributed by atoms with Gasteiger partial charge in [0.2, 0.25) is 0 Å². The van der Waals surface area contributed by atoms with Crippen LogP contribution in [-0.4, -0.2) is 31.1 Å². The maximum atomic E-state index is 13.7. The van der Waals surface area contributed by atoms with Crippen molar-refractivity contribution in [1.82, 2.24) is 10.2 Å². The van der Waals surface area contributed by atoms with Crippen molar-refractivity contribution in [2.45, 2.75) is 38.9 Å². The summed E-state index contributed by atoms with van der Waals surface area (Å²) in [5.41, 5.74) is -0.647. The van der Waals surface area contributed by atoms with Crippen LogP contribution >= 0.6 is 0 Å². The zero-order chi connectivity index (χ0) is 17.0. The largest absolute Gasteiger partial charge is 0.416 e. The van der Waals surface area contributed by atoms with Gasteiger partial charge in [-0.15, -0.1) is 0 Å². The van der Waals surface area contributed by atoms with E-state index in [-0.39, 0.29) is 5.56 Å². The van der Waals surface area contributed by atoms with E-state index < -0.39 is 23.6 Å². The van der Waals surface area contributed by atoms with Crippen LogP contribution in [-0.2, 0) is 6.18 Å². The monoisotopic (exact) mass is 332 g/mol. The number of nitrogens with zero attached hydrogens (tertiary/aromatic N) is 1. The summed E-state index contributed by atoms with van der Waals surface area (Å²) in [7, 11) is 0. The van der Waals surface area contributed by atoms with Crippen LogP contribution in [0.2, 0.25) is 0 Å². The van der Waals surface area contributed by atoms with Crippen LogP contribution in [0.3, 0.4) is 0 Å². The standard InChI is InChI=1S/C17H24F4N2/c1-12(2)3-6-16(23-9-7-22-8-10-23)14-11-13(18)4-5-15(14)17(19,20)21/h4-5,11-12,16,22H,3,6-10H2,1-2H3/t16-/m1/s1. The van der Waals surface area contributed by atoms with Crippen LogP contribution in [0.15, 0.2) is 18.2 Å². The molecule has 1 fully saturated rings. The van der Waals surface area contributed by atoms with Crippen LogP contribution in [0.5, 0.6) is 0 Å². The lowest BCUT2D eigenvalue weighted by Crippen LogP contribution is -2.45. The van der Waals surface area contributed by atoms with Gasteiger partial charge in [0.15, 0.2) is 0 Å². The summed E-state index contributed by atoms with van der Waals surface area (Å²) in [5.74, 6) is -0.221. The molecule has 130 valence electrons. The van der Waals surface area contributed by atoms with Crippen LogP contribution < -0.4 is 5.32 Å². The van der Waals surface area contributed by atoms with E-state index in [2.05, 4.69) is 5.32 Å². The predicted octanol–water partition coefficient (Wildman–Crippen LogP) is 4.23. The summed E-state index contributed by atoms with van der Waals surface area (Å²) in [6, 6.07) is 2.43. The Kier molecular flexibility index (Phi) is 6.03. The highest BCUT2D eigenvalue weighted by Gasteiger charge is 2.37. The summed E-state index contributed by atoms with van der Waals surface area (Å²) < 4.78 is 53.7. The number of rotatable bonds is 5. The molecule has 1 aromatic carbocycles. The Labute approximate surface area is 134 Å². The minimum Gasteiger partial charge on any atom is -0.314 e. The first-order valence-electron chi connectivity index (χ1n) is 8.10. The molecular weight excluding hydrogens is 308 g/mol. The second kappa shape index (κ2) is 7.62. The average molecular weight is 332 g/mol. The second-order valence-electron chi connectivity index (χ2n) is 6.50. The SMILES string of the molecule is CC(C)CC[C@H](c1cc(F)ccc1C(F)(F)F)N1CCNCC1. The maximum absolute atomic E-state index is 13.7. The lowest BCUT2D eigenvalue weighted by atomic mass is 9.92. The molecule has 23 heavy (non-hydrogen) atoms. The molecule has 1 atom stereocenters. The van der Waals surface area contributed by atoms with E-state index in [0.717, 1.165) is 37.7 Å². The molecule has 1 aliphatic rings. The molecule has 0 unspecified atom stereocenters. The van der Waals surface area contributed by atoms with Gasteiger partial charge in [0, 0.05) is 32.2 Å². The van der Waals surface area contributed by atoms with E-state index in [1.165, 1.54) is 0 Å². The molecule has 1 aromatic rings. The van der Waals surface area contributed by atoms with Crippen LogP contribution in [0.25, 0.3) is 0 Å². The Bertz CT molecular complexity index is 508. The second-order valence-corrected chi connectivity index (χ2v) is 6.50. The lowest BCUT2D eigenvalue weighted by Gasteiger charge is -2.36. The molecule has 2 rings (SSSR count). The van der Waals surface area contributed by atoms with Crippen LogP contribution in [0.1, 0.15) is 43.9 Å². The van der Waals surface area contributed by atoms with Gasteiger partial charge in [0.1, 0.15) is 5.82 Å². The molecule has 1 aliphatic heterocycles. The Balaban J connectivity index is 2.38. The summed E-state index contributed by atoms with van der Waals surface area (Å²) in [6.45, 7) is 6.94. The summed E-state index contributed by atoms with van der Waals surface area (Å²) in [6.07, 6.45) is -3.06. The zero-order valence-corrected chi connectivity index (χ0v) is 13.6. The van der Waals surface area contributed by atoms with Crippen molar-refractivity contribution < 1.29 is 17.6 Å². The number of alkyl halides is 3. The molecule has 0 bridgehead atoms. The van der Waals surface area contributed by atoms with Crippen LogP contribution in [0, 0.1) is 11.7 Å². The van der Waals surface area contributed by atoms with Gasteiger partial charge in [-0.3, -0.25) is 4.90 Å². The Morgan fingerprint density at radius 1 is 1.13 bits per heavy atom. The van der Waals surface area contributed by atoms with Crippen molar-refractivity contribution >= 4 is 0 Å². The van der Waals surface area contributed by atoms with Gasteiger partial charge < -0.3 is 5.32 Å². The number of nitrogens with one attached hydrogen (secondary N) is 1. The number of hydrogen-bond acceptors (Lipinski definition) is 2. The minimum atomic E-state index is -4.47. The van der Waals surface area contributed by atoms with Gasteiger partial charge >= 0.3 is 6.18 Å². The number of hydrogen-bond donors (Lipinski definition) is 1. The Hall–Kier alpha value is -1.14. The Morgan fingerprint density at radius 3 is 2.35 bits per heavy atom. The molecule has 1 heterocycles. The average Bonchev–Trinajstić information content (AvgIpc) is 2.47. The van der Waals surface area contributed by atoms with Gasteiger partial charge in [-0.1, -0.05) is 13.8 Å². The highest BCUT2D eigenvalue weighted by molar-refractivity contribution is 5.33. The molecule has 2 nitrogen and oxygen atoms in total. The van der Waals surface area contributed by atoms with Gasteiger partial charge in [-0.2, -0.15) is 13.2 Å². The fraction of sp³-hybridized carbons (Fsp3) is 0.647. The zero-order valence-electron chi connectivity index (χ0n) is 13.6. The summed E-state index contributed by atoms with van der Waals surface area (Å²) in [4.78, 5) is 2.04. The summed E-state index contributed by atoms with van der Waals surface area (Å²) in [5, 5.41) is 3.20. The summed E-state index contributed by atoms with van der Waals surface area (Å²) >= 11 is 0. The molecule has 6 heteroatoms. The molecule has 1 saturated heterocycles.